The largest absolute Gasteiger partial charge is 0.396 e. The number of hydrogen-bond donors (Lipinski definition) is 3. The second-order valence-electron chi connectivity index (χ2n) is 15.9. The minimum Gasteiger partial charge on any atom is -0.396 e. The molecular formula is C34H48N2O5. The Morgan fingerprint density at radius 1 is 1.02 bits per heavy atom. The van der Waals surface area contributed by atoms with Gasteiger partial charge in [0.2, 0.25) is 5.91 Å². The van der Waals surface area contributed by atoms with E-state index in [1.807, 2.05) is 19.9 Å². The van der Waals surface area contributed by atoms with E-state index in [2.05, 4.69) is 46.0 Å². The molecule has 224 valence electrons. The van der Waals surface area contributed by atoms with Crippen molar-refractivity contribution in [2.75, 3.05) is 13.2 Å². The number of carbonyl (C=O) groups is 3. The van der Waals surface area contributed by atoms with Gasteiger partial charge in [-0.3, -0.25) is 14.4 Å². The molecule has 1 amide bonds. The van der Waals surface area contributed by atoms with Gasteiger partial charge in [-0.2, -0.15) is 5.26 Å². The van der Waals surface area contributed by atoms with Gasteiger partial charge < -0.3 is 15.5 Å². The number of amides is 1. The first-order valence-corrected chi connectivity index (χ1v) is 15.4. The summed E-state index contributed by atoms with van der Waals surface area (Å²) in [4.78, 5) is 40.0. The van der Waals surface area contributed by atoms with Crippen LogP contribution in [0.1, 0.15) is 99.8 Å². The third-order valence-electron chi connectivity index (χ3n) is 13.4. The quantitative estimate of drug-likeness (QED) is 0.449. The van der Waals surface area contributed by atoms with E-state index in [1.165, 1.54) is 0 Å². The highest BCUT2D eigenvalue weighted by Crippen LogP contribution is 2.75. The highest BCUT2D eigenvalue weighted by atomic mass is 16.3. The van der Waals surface area contributed by atoms with E-state index in [4.69, 9.17) is 5.11 Å². The van der Waals surface area contributed by atoms with Gasteiger partial charge in [-0.1, -0.05) is 54.5 Å². The summed E-state index contributed by atoms with van der Waals surface area (Å²) in [5.41, 5.74) is -3.53. The summed E-state index contributed by atoms with van der Waals surface area (Å²) in [6.45, 7) is 14.9. The summed E-state index contributed by atoms with van der Waals surface area (Å²) in [6, 6.07) is 2.15. The highest BCUT2D eigenvalue weighted by Gasteiger charge is 2.75. The minimum atomic E-state index is -1.57. The first-order chi connectivity index (χ1) is 18.9. The minimum absolute atomic E-state index is 0.0455. The molecule has 3 saturated carbocycles. The van der Waals surface area contributed by atoms with E-state index in [9.17, 15) is 24.8 Å². The van der Waals surface area contributed by atoms with E-state index >= 15 is 0 Å². The number of rotatable bonds is 4. The molecule has 5 aliphatic rings. The molecule has 0 radical (unpaired) electrons. The van der Waals surface area contributed by atoms with Crippen LogP contribution in [0.4, 0.5) is 0 Å². The molecule has 7 heteroatoms. The summed E-state index contributed by atoms with van der Waals surface area (Å²) >= 11 is 0. The predicted molar refractivity (Wildman–Crippen MR) is 155 cm³/mol. The zero-order valence-electron chi connectivity index (χ0n) is 25.9. The number of nitrogens with one attached hydrogen (secondary N) is 1. The number of Topliss-reactive ketones (excluding diaryl/α,β-unsaturated/α-hetero) is 1. The van der Waals surface area contributed by atoms with Crippen molar-refractivity contribution >= 4 is 17.5 Å². The lowest BCUT2D eigenvalue weighted by Gasteiger charge is -2.71. The van der Waals surface area contributed by atoms with Crippen LogP contribution in [0.2, 0.25) is 0 Å². The van der Waals surface area contributed by atoms with Crippen LogP contribution in [0.3, 0.4) is 0 Å². The van der Waals surface area contributed by atoms with Gasteiger partial charge in [0.1, 0.15) is 11.7 Å². The Labute approximate surface area is 244 Å². The molecule has 0 bridgehead atoms. The zero-order chi connectivity index (χ0) is 30.4. The second kappa shape index (κ2) is 9.10. The Balaban J connectivity index is 1.61. The number of allylic oxidation sites excluding steroid dienone is 3. The Hall–Kier alpha value is -2.30. The van der Waals surface area contributed by atoms with Crippen molar-refractivity contribution in [1.29, 1.82) is 5.26 Å². The summed E-state index contributed by atoms with van der Waals surface area (Å²) in [5, 5.41) is 35.0. The topological polar surface area (TPSA) is 127 Å². The van der Waals surface area contributed by atoms with Crippen LogP contribution in [0.15, 0.2) is 23.3 Å². The monoisotopic (exact) mass is 564 g/mol. The van der Waals surface area contributed by atoms with Gasteiger partial charge in [-0.05, 0) is 78.8 Å². The molecule has 0 aromatic heterocycles. The molecule has 5 rings (SSSR count). The van der Waals surface area contributed by atoms with Gasteiger partial charge in [-0.15, -0.1) is 0 Å². The molecule has 3 N–H and O–H groups in total. The molecule has 0 aliphatic heterocycles. The Morgan fingerprint density at radius 3 is 2.32 bits per heavy atom. The molecule has 0 saturated heterocycles. The molecule has 0 heterocycles. The van der Waals surface area contributed by atoms with Crippen molar-refractivity contribution in [2.45, 2.75) is 105 Å². The fourth-order valence-electron chi connectivity index (χ4n) is 10.5. The number of aliphatic hydroxyl groups excluding tert-OH is 1. The van der Waals surface area contributed by atoms with Crippen LogP contribution in [0.5, 0.6) is 0 Å². The second-order valence-corrected chi connectivity index (χ2v) is 15.9. The maximum atomic E-state index is 14.5. The van der Waals surface area contributed by atoms with Crippen LogP contribution in [-0.4, -0.2) is 46.4 Å². The van der Waals surface area contributed by atoms with Crippen molar-refractivity contribution in [1.82, 2.24) is 5.32 Å². The smallest absolute Gasteiger partial charge is 0.222 e. The van der Waals surface area contributed by atoms with Gasteiger partial charge in [0.15, 0.2) is 11.6 Å². The van der Waals surface area contributed by atoms with E-state index in [0.29, 0.717) is 13.0 Å². The van der Waals surface area contributed by atoms with Crippen LogP contribution < -0.4 is 5.32 Å². The van der Waals surface area contributed by atoms with E-state index in [-0.39, 0.29) is 58.7 Å². The van der Waals surface area contributed by atoms with E-state index in [1.54, 1.807) is 6.08 Å². The molecule has 0 aromatic rings. The van der Waals surface area contributed by atoms with Crippen LogP contribution in [0, 0.1) is 55.7 Å². The molecule has 5 aliphatic carbocycles. The molecule has 3 fully saturated rings. The average Bonchev–Trinajstić information content (AvgIpc) is 2.90. The van der Waals surface area contributed by atoms with Crippen LogP contribution in [-0.2, 0) is 14.4 Å². The zero-order valence-corrected chi connectivity index (χ0v) is 25.9. The molecule has 0 spiro atoms. The summed E-state index contributed by atoms with van der Waals surface area (Å²) in [6.07, 6.45) is 9.15. The average molecular weight is 565 g/mol. The summed E-state index contributed by atoms with van der Waals surface area (Å²) in [7, 11) is 0. The highest BCUT2D eigenvalue weighted by molar-refractivity contribution is 6.05. The Bertz CT molecular complexity index is 1310. The van der Waals surface area contributed by atoms with E-state index < -0.39 is 27.3 Å². The van der Waals surface area contributed by atoms with Crippen molar-refractivity contribution < 1.29 is 24.6 Å². The molecular weight excluding hydrogens is 516 g/mol. The van der Waals surface area contributed by atoms with Crippen molar-refractivity contribution in [2.24, 2.45) is 44.3 Å². The van der Waals surface area contributed by atoms with Gasteiger partial charge >= 0.3 is 0 Å². The van der Waals surface area contributed by atoms with Crippen LogP contribution >= 0.6 is 0 Å². The first kappa shape index (κ1) is 30.2. The summed E-state index contributed by atoms with van der Waals surface area (Å²) in [5.74, 6) is -0.884. The van der Waals surface area contributed by atoms with E-state index in [0.717, 1.165) is 44.1 Å². The first-order valence-electron chi connectivity index (χ1n) is 15.4. The van der Waals surface area contributed by atoms with Crippen molar-refractivity contribution in [3.8, 4) is 6.07 Å². The normalized spacial score (nSPS) is 46.5. The van der Waals surface area contributed by atoms with Gasteiger partial charge in [-0.25, -0.2) is 0 Å². The number of nitrogens with zero attached hydrogens (tertiary/aromatic N) is 1. The molecule has 8 atom stereocenters. The Morgan fingerprint density at radius 2 is 1.68 bits per heavy atom. The fraction of sp³-hybridized carbons (Fsp3) is 0.765. The molecule has 0 unspecified atom stereocenters. The number of ketones is 2. The summed E-state index contributed by atoms with van der Waals surface area (Å²) < 4.78 is 0. The lowest BCUT2D eigenvalue weighted by molar-refractivity contribution is -0.243. The lowest BCUT2D eigenvalue weighted by atomic mass is 9.33. The van der Waals surface area contributed by atoms with Crippen molar-refractivity contribution in [3.05, 3.63) is 23.3 Å². The Kier molecular flexibility index (Phi) is 6.70. The number of nitriles is 1. The molecule has 41 heavy (non-hydrogen) atoms. The fourth-order valence-corrected chi connectivity index (χ4v) is 10.5. The number of fused-ring (bicyclic) bond motifs is 7. The van der Waals surface area contributed by atoms with Gasteiger partial charge in [0, 0.05) is 35.1 Å². The number of carbonyl (C=O) groups excluding carboxylic acids is 3. The third-order valence-corrected chi connectivity index (χ3v) is 13.4. The molecule has 7 nitrogen and oxygen atoms in total. The van der Waals surface area contributed by atoms with Gasteiger partial charge in [0.05, 0.1) is 12.2 Å². The maximum Gasteiger partial charge on any atom is 0.222 e. The van der Waals surface area contributed by atoms with Gasteiger partial charge in [0.25, 0.3) is 0 Å². The predicted octanol–water partition coefficient (Wildman–Crippen LogP) is 4.82. The number of aliphatic hydroxyl groups is 2. The molecule has 0 aromatic carbocycles. The van der Waals surface area contributed by atoms with Crippen molar-refractivity contribution in [3.63, 3.8) is 0 Å². The standard InChI is InChI=1S/C34H48N2O5/c1-28(2)22-8-10-32(6)23(31(22,5)17-21(19-35)27(28)40)16-25(38)34(41)24-18-29(3,20-36-26(39)9-15-37)11-12-30(24,4)13-14-33(32,34)7/h16-17,22,24,37,41H,8-15,18,20H2,1-7H3,(H,36,39)/t22-,24+,29-,30+,31-,32+,33-,34+/m0/s1. The number of hydrogen-bond acceptors (Lipinski definition) is 6. The maximum absolute atomic E-state index is 14.5. The lowest BCUT2D eigenvalue weighted by Crippen LogP contribution is -2.74. The third kappa shape index (κ3) is 3.78. The van der Waals surface area contributed by atoms with Crippen LogP contribution in [0.25, 0.3) is 0 Å². The SMILES string of the molecule is CC1(C)C(=O)C(C#N)=C[C@]2(C)C3=CC(=O)[C@]4(O)[C@@H]5C[C@@](C)(CNC(=O)CCO)CC[C@]5(C)CC[C@@]4(C)[C@]3(C)CC[C@@H]12.